The predicted octanol–water partition coefficient (Wildman–Crippen LogP) is 4.05. The van der Waals surface area contributed by atoms with E-state index in [2.05, 4.69) is 9.71 Å². The van der Waals surface area contributed by atoms with Gasteiger partial charge in [-0.1, -0.05) is 30.3 Å². The van der Waals surface area contributed by atoms with Crippen LogP contribution in [0.25, 0.3) is 11.1 Å². The maximum atomic E-state index is 12.5. The van der Waals surface area contributed by atoms with E-state index in [9.17, 15) is 13.2 Å². The number of sulfonamides is 1. The molecule has 2 aromatic heterocycles. The Hall–Kier alpha value is -3.17. The summed E-state index contributed by atoms with van der Waals surface area (Å²) in [5.41, 5.74) is 1.49. The van der Waals surface area contributed by atoms with Crippen LogP contribution in [0.1, 0.15) is 16.2 Å². The van der Waals surface area contributed by atoms with E-state index in [1.807, 2.05) is 12.1 Å². The highest BCUT2D eigenvalue weighted by Gasteiger charge is 2.20. The topological polar surface area (TPSA) is 98.5 Å². The van der Waals surface area contributed by atoms with Crippen LogP contribution in [0.3, 0.4) is 0 Å². The van der Waals surface area contributed by atoms with Gasteiger partial charge in [-0.2, -0.15) is 0 Å². The molecule has 28 heavy (non-hydrogen) atoms. The van der Waals surface area contributed by atoms with Crippen molar-refractivity contribution in [2.24, 2.45) is 0 Å². The third kappa shape index (κ3) is 3.75. The highest BCUT2D eigenvalue weighted by molar-refractivity contribution is 7.94. The number of fused-ring (bicyclic) bond motifs is 1. The van der Waals surface area contributed by atoms with Gasteiger partial charge in [-0.15, -0.1) is 11.3 Å². The fourth-order valence-corrected chi connectivity index (χ4v) is 4.62. The van der Waals surface area contributed by atoms with Crippen molar-refractivity contribution in [3.8, 4) is 0 Å². The number of carbonyl (C=O) groups is 1. The van der Waals surface area contributed by atoms with Crippen LogP contribution in [0, 0.1) is 0 Å². The Labute approximate surface area is 164 Å². The fourth-order valence-electron chi connectivity index (χ4n) is 2.55. The summed E-state index contributed by atoms with van der Waals surface area (Å²) in [5, 5.41) is 1.66. The van der Waals surface area contributed by atoms with Crippen molar-refractivity contribution in [1.29, 1.82) is 0 Å². The van der Waals surface area contributed by atoms with E-state index >= 15 is 0 Å². The fraction of sp³-hybridized carbons (Fsp3) is 0.0526. The van der Waals surface area contributed by atoms with Gasteiger partial charge in [-0.05, 0) is 35.7 Å². The lowest BCUT2D eigenvalue weighted by Crippen LogP contribution is -2.15. The van der Waals surface area contributed by atoms with Gasteiger partial charge >= 0.3 is 5.97 Å². The second kappa shape index (κ2) is 7.45. The lowest BCUT2D eigenvalue weighted by atomic mass is 10.2. The minimum Gasteiger partial charge on any atom is -0.452 e. The molecule has 7 nitrogen and oxygen atoms in total. The molecule has 0 unspecified atom stereocenters. The van der Waals surface area contributed by atoms with Crippen LogP contribution in [0.5, 0.6) is 0 Å². The molecule has 9 heteroatoms. The van der Waals surface area contributed by atoms with Crippen molar-refractivity contribution < 1.29 is 22.4 Å². The third-order valence-corrected chi connectivity index (χ3v) is 6.58. The number of esters is 1. The average molecular weight is 414 g/mol. The monoisotopic (exact) mass is 414 g/mol. The van der Waals surface area contributed by atoms with E-state index in [-0.39, 0.29) is 28.0 Å². The number of hydrogen-bond acceptors (Lipinski definition) is 7. The van der Waals surface area contributed by atoms with E-state index in [1.54, 1.807) is 35.7 Å². The van der Waals surface area contributed by atoms with Gasteiger partial charge in [0.25, 0.3) is 10.0 Å². The minimum absolute atomic E-state index is 0.0961. The number of para-hydroxylation sites is 3. The minimum atomic E-state index is -3.78. The lowest BCUT2D eigenvalue weighted by Gasteiger charge is -2.11. The molecular formula is C19H14N2O5S2. The molecule has 0 bridgehead atoms. The van der Waals surface area contributed by atoms with Crippen LogP contribution < -0.4 is 4.72 Å². The second-order valence-corrected chi connectivity index (χ2v) is 8.59. The van der Waals surface area contributed by atoms with E-state index < -0.39 is 16.0 Å². The number of oxazole rings is 1. The highest BCUT2D eigenvalue weighted by atomic mass is 32.2. The van der Waals surface area contributed by atoms with Crippen molar-refractivity contribution in [3.63, 3.8) is 0 Å². The number of rotatable bonds is 6. The number of nitrogens with one attached hydrogen (secondary N) is 1. The molecule has 0 spiro atoms. The Balaban J connectivity index is 1.51. The number of ether oxygens (including phenoxy) is 1. The molecular weight excluding hydrogens is 400 g/mol. The number of thiophene rings is 1. The zero-order chi connectivity index (χ0) is 19.6. The van der Waals surface area contributed by atoms with Gasteiger partial charge < -0.3 is 9.15 Å². The van der Waals surface area contributed by atoms with Crippen molar-refractivity contribution in [1.82, 2.24) is 4.98 Å². The van der Waals surface area contributed by atoms with Gasteiger partial charge in [-0.25, -0.2) is 18.2 Å². The Morgan fingerprint density at radius 3 is 2.64 bits per heavy atom. The molecule has 4 aromatic rings. The van der Waals surface area contributed by atoms with Crippen LogP contribution in [0.2, 0.25) is 0 Å². The molecule has 0 aliphatic heterocycles. The van der Waals surface area contributed by atoms with Gasteiger partial charge in [0.15, 0.2) is 12.2 Å². The van der Waals surface area contributed by atoms with E-state index in [0.29, 0.717) is 11.1 Å². The van der Waals surface area contributed by atoms with Gasteiger partial charge in [0, 0.05) is 0 Å². The Morgan fingerprint density at radius 1 is 1.07 bits per heavy atom. The van der Waals surface area contributed by atoms with E-state index in [0.717, 1.165) is 11.3 Å². The summed E-state index contributed by atoms with van der Waals surface area (Å²) in [4.78, 5) is 16.7. The molecule has 1 N–H and O–H groups in total. The SMILES string of the molecule is O=C(OCc1nc2ccccc2o1)c1ccccc1NS(=O)(=O)c1cccs1. The third-order valence-electron chi connectivity index (χ3n) is 3.82. The first kappa shape index (κ1) is 18.2. The molecule has 0 aliphatic rings. The van der Waals surface area contributed by atoms with Crippen LogP contribution in [0.4, 0.5) is 5.69 Å². The smallest absolute Gasteiger partial charge is 0.340 e. The summed E-state index contributed by atoms with van der Waals surface area (Å²) in [6, 6.07) is 16.6. The number of aromatic nitrogens is 1. The Kier molecular flexibility index (Phi) is 4.84. The van der Waals surface area contributed by atoms with E-state index in [1.165, 1.54) is 18.2 Å². The van der Waals surface area contributed by atoms with Crippen molar-refractivity contribution in [2.75, 3.05) is 4.72 Å². The summed E-state index contributed by atoms with van der Waals surface area (Å²) in [6.45, 7) is -0.167. The molecule has 0 amide bonds. The Bertz CT molecular complexity index is 1200. The number of anilines is 1. The molecule has 0 saturated heterocycles. The zero-order valence-corrected chi connectivity index (χ0v) is 16.0. The number of hydrogen-bond donors (Lipinski definition) is 1. The molecule has 142 valence electrons. The maximum absolute atomic E-state index is 12.5. The molecule has 2 aromatic carbocycles. The standard InChI is InChI=1S/C19H14N2O5S2/c22-19(25-12-17-20-15-8-3-4-9-16(15)26-17)13-6-1-2-7-14(13)21-28(23,24)18-10-5-11-27-18/h1-11,21H,12H2. The van der Waals surface area contributed by atoms with E-state index in [4.69, 9.17) is 9.15 Å². The number of nitrogens with zero attached hydrogens (tertiary/aromatic N) is 1. The van der Waals surface area contributed by atoms with Crippen molar-refractivity contribution in [2.45, 2.75) is 10.8 Å². The first-order valence-electron chi connectivity index (χ1n) is 8.20. The predicted molar refractivity (Wildman–Crippen MR) is 105 cm³/mol. The van der Waals surface area contributed by atoms with Crippen molar-refractivity contribution >= 4 is 44.1 Å². The quantitative estimate of drug-likeness (QED) is 0.478. The summed E-state index contributed by atoms with van der Waals surface area (Å²) in [5.74, 6) is -0.432. The number of benzene rings is 2. The molecule has 0 fully saturated rings. The Morgan fingerprint density at radius 2 is 1.86 bits per heavy atom. The largest absolute Gasteiger partial charge is 0.452 e. The molecule has 0 saturated carbocycles. The van der Waals surface area contributed by atoms with Crippen LogP contribution >= 0.6 is 11.3 Å². The lowest BCUT2D eigenvalue weighted by molar-refractivity contribution is 0.0441. The second-order valence-electron chi connectivity index (χ2n) is 5.73. The first-order valence-corrected chi connectivity index (χ1v) is 10.6. The van der Waals surface area contributed by atoms with Gasteiger partial charge in [0.2, 0.25) is 5.89 Å². The number of carbonyl (C=O) groups excluding carboxylic acids is 1. The van der Waals surface area contributed by atoms with Crippen molar-refractivity contribution in [3.05, 3.63) is 77.5 Å². The van der Waals surface area contributed by atoms with Gasteiger partial charge in [0.1, 0.15) is 9.73 Å². The molecule has 0 aliphatic carbocycles. The normalized spacial score (nSPS) is 11.4. The van der Waals surface area contributed by atoms with Crippen LogP contribution in [0.15, 0.2) is 74.7 Å². The molecule has 0 radical (unpaired) electrons. The first-order chi connectivity index (χ1) is 13.5. The maximum Gasteiger partial charge on any atom is 0.340 e. The summed E-state index contributed by atoms with van der Waals surface area (Å²) >= 11 is 1.09. The summed E-state index contributed by atoms with van der Waals surface area (Å²) in [6.07, 6.45) is 0. The van der Waals surface area contributed by atoms with Gasteiger partial charge in [-0.3, -0.25) is 4.72 Å². The van der Waals surface area contributed by atoms with Gasteiger partial charge in [0.05, 0.1) is 11.3 Å². The highest BCUT2D eigenvalue weighted by Crippen LogP contribution is 2.24. The molecule has 4 rings (SSSR count). The van der Waals surface area contributed by atoms with Crippen LogP contribution in [-0.4, -0.2) is 19.4 Å². The molecule has 2 heterocycles. The zero-order valence-electron chi connectivity index (χ0n) is 14.4. The van der Waals surface area contributed by atoms with Crippen LogP contribution in [-0.2, 0) is 21.4 Å². The average Bonchev–Trinajstić information content (AvgIpc) is 3.36. The summed E-state index contributed by atoms with van der Waals surface area (Å²) < 4.78 is 38.2. The summed E-state index contributed by atoms with van der Waals surface area (Å²) in [7, 11) is -3.78. The molecule has 0 atom stereocenters.